The number of hydrogen-bond acceptors (Lipinski definition) is 5. The second-order valence-electron chi connectivity index (χ2n) is 5.61. The summed E-state index contributed by atoms with van der Waals surface area (Å²) >= 11 is 0. The summed E-state index contributed by atoms with van der Waals surface area (Å²) < 4.78 is 10.8. The van der Waals surface area contributed by atoms with E-state index >= 15 is 0 Å². The lowest BCUT2D eigenvalue weighted by molar-refractivity contribution is 0.0917. The van der Waals surface area contributed by atoms with Crippen LogP contribution in [0.1, 0.15) is 20.8 Å². The zero-order chi connectivity index (χ0) is 19.1. The molecule has 0 unspecified atom stereocenters. The molecule has 0 radical (unpaired) electrons. The van der Waals surface area contributed by atoms with Crippen LogP contribution in [0.5, 0.6) is 11.5 Å². The largest absolute Gasteiger partial charge is 0.496 e. The number of anilines is 1. The Labute approximate surface area is 156 Å². The third-order valence-electron chi connectivity index (χ3n) is 3.77. The van der Waals surface area contributed by atoms with Gasteiger partial charge in [0.25, 0.3) is 5.91 Å². The van der Waals surface area contributed by atoms with Crippen molar-refractivity contribution >= 4 is 17.4 Å². The standard InChI is InChI=1S/C21H18N2O4/c1-26-20-11-3-2-9-17(20)19(24)14-27-16-8-6-7-15(13-16)23-21(25)18-10-4-5-12-22-18/h2-13H,14H2,1H3,(H,23,25). The molecule has 0 saturated heterocycles. The molecule has 0 atom stereocenters. The number of aromatic nitrogens is 1. The molecule has 1 amide bonds. The first-order valence-electron chi connectivity index (χ1n) is 8.29. The monoisotopic (exact) mass is 362 g/mol. The van der Waals surface area contributed by atoms with E-state index in [0.717, 1.165) is 0 Å². The summed E-state index contributed by atoms with van der Waals surface area (Å²) in [4.78, 5) is 28.5. The van der Waals surface area contributed by atoms with Crippen molar-refractivity contribution in [2.75, 3.05) is 19.0 Å². The number of ether oxygens (including phenoxy) is 2. The maximum atomic E-state index is 12.4. The third kappa shape index (κ3) is 4.70. The summed E-state index contributed by atoms with van der Waals surface area (Å²) in [6.07, 6.45) is 1.55. The summed E-state index contributed by atoms with van der Waals surface area (Å²) in [5, 5.41) is 2.75. The average Bonchev–Trinajstić information content (AvgIpc) is 2.73. The number of methoxy groups -OCH3 is 1. The van der Waals surface area contributed by atoms with Gasteiger partial charge in [-0.3, -0.25) is 14.6 Å². The number of ketones is 1. The number of pyridine rings is 1. The van der Waals surface area contributed by atoms with Crippen LogP contribution in [0, 0.1) is 0 Å². The highest BCUT2D eigenvalue weighted by Crippen LogP contribution is 2.20. The zero-order valence-corrected chi connectivity index (χ0v) is 14.7. The van der Waals surface area contributed by atoms with Crippen LogP contribution in [0.25, 0.3) is 0 Å². The zero-order valence-electron chi connectivity index (χ0n) is 14.7. The number of amides is 1. The van der Waals surface area contributed by atoms with Crippen LogP contribution in [0.15, 0.2) is 72.9 Å². The molecule has 27 heavy (non-hydrogen) atoms. The van der Waals surface area contributed by atoms with Gasteiger partial charge in [-0.25, -0.2) is 0 Å². The summed E-state index contributed by atoms with van der Waals surface area (Å²) in [5.74, 6) is 0.452. The van der Waals surface area contributed by atoms with Crippen LogP contribution in [0.2, 0.25) is 0 Å². The van der Waals surface area contributed by atoms with E-state index in [9.17, 15) is 9.59 Å². The summed E-state index contributed by atoms with van der Waals surface area (Å²) in [6, 6.07) is 18.9. The first-order valence-corrected chi connectivity index (χ1v) is 8.29. The average molecular weight is 362 g/mol. The van der Waals surface area contributed by atoms with Gasteiger partial charge in [0.1, 0.15) is 17.2 Å². The highest BCUT2D eigenvalue weighted by atomic mass is 16.5. The molecule has 0 fully saturated rings. The highest BCUT2D eigenvalue weighted by molar-refractivity contribution is 6.03. The van der Waals surface area contributed by atoms with Crippen molar-refractivity contribution in [3.05, 3.63) is 84.2 Å². The number of nitrogens with one attached hydrogen (secondary N) is 1. The number of nitrogens with zero attached hydrogens (tertiary/aromatic N) is 1. The van der Waals surface area contributed by atoms with Crippen LogP contribution in [-0.2, 0) is 0 Å². The topological polar surface area (TPSA) is 77.5 Å². The van der Waals surface area contributed by atoms with Gasteiger partial charge in [-0.2, -0.15) is 0 Å². The second kappa shape index (κ2) is 8.62. The van der Waals surface area contributed by atoms with Crippen molar-refractivity contribution in [1.29, 1.82) is 0 Å². The number of carbonyl (C=O) groups is 2. The lowest BCUT2D eigenvalue weighted by Crippen LogP contribution is -2.14. The molecule has 0 spiro atoms. The lowest BCUT2D eigenvalue weighted by Gasteiger charge is -2.10. The van der Waals surface area contributed by atoms with Crippen molar-refractivity contribution in [2.45, 2.75) is 0 Å². The van der Waals surface area contributed by atoms with E-state index in [4.69, 9.17) is 9.47 Å². The Hall–Kier alpha value is -3.67. The Bertz CT molecular complexity index is 942. The van der Waals surface area contributed by atoms with Gasteiger partial charge >= 0.3 is 0 Å². The van der Waals surface area contributed by atoms with Crippen LogP contribution in [0.4, 0.5) is 5.69 Å². The molecule has 0 bridgehead atoms. The number of rotatable bonds is 7. The fourth-order valence-corrected chi connectivity index (χ4v) is 2.46. The van der Waals surface area contributed by atoms with Crippen LogP contribution in [-0.4, -0.2) is 30.4 Å². The van der Waals surface area contributed by atoms with Gasteiger partial charge in [0.2, 0.25) is 5.78 Å². The fraction of sp³-hybridized carbons (Fsp3) is 0.0952. The minimum absolute atomic E-state index is 0.141. The van der Waals surface area contributed by atoms with E-state index < -0.39 is 0 Å². The molecule has 0 aliphatic carbocycles. The van der Waals surface area contributed by atoms with Crippen molar-refractivity contribution in [3.8, 4) is 11.5 Å². The van der Waals surface area contributed by atoms with E-state index in [0.29, 0.717) is 28.4 Å². The van der Waals surface area contributed by atoms with E-state index in [1.807, 2.05) is 0 Å². The molecule has 0 aliphatic heterocycles. The molecular formula is C21H18N2O4. The first kappa shape index (κ1) is 18.1. The normalized spacial score (nSPS) is 10.1. The number of para-hydroxylation sites is 1. The maximum absolute atomic E-state index is 12.4. The van der Waals surface area contributed by atoms with Gasteiger partial charge in [0.05, 0.1) is 12.7 Å². The number of Topliss-reactive ketones (excluding diaryl/α,β-unsaturated/α-hetero) is 1. The van der Waals surface area contributed by atoms with Crippen molar-refractivity contribution in [3.63, 3.8) is 0 Å². The quantitative estimate of drug-likeness (QED) is 0.650. The Morgan fingerprint density at radius 3 is 2.59 bits per heavy atom. The van der Waals surface area contributed by atoms with Crippen molar-refractivity contribution in [2.24, 2.45) is 0 Å². The van der Waals surface area contributed by atoms with Gasteiger partial charge in [0, 0.05) is 18.0 Å². The first-order chi connectivity index (χ1) is 13.2. The minimum atomic E-state index is -0.321. The number of benzene rings is 2. The predicted octanol–water partition coefficient (Wildman–Crippen LogP) is 3.60. The number of carbonyl (C=O) groups excluding carboxylic acids is 2. The second-order valence-corrected chi connectivity index (χ2v) is 5.61. The predicted molar refractivity (Wildman–Crippen MR) is 101 cm³/mol. The molecule has 6 heteroatoms. The Kier molecular flexibility index (Phi) is 5.79. The smallest absolute Gasteiger partial charge is 0.274 e. The summed E-state index contributed by atoms with van der Waals surface area (Å²) in [7, 11) is 1.51. The van der Waals surface area contributed by atoms with Crippen molar-refractivity contribution < 1.29 is 19.1 Å². The molecule has 6 nitrogen and oxygen atoms in total. The molecule has 0 aliphatic rings. The molecule has 2 aromatic carbocycles. The van der Waals surface area contributed by atoms with Crippen LogP contribution < -0.4 is 14.8 Å². The molecular weight excluding hydrogens is 344 g/mol. The molecule has 3 aromatic rings. The van der Waals surface area contributed by atoms with Gasteiger partial charge in [-0.1, -0.05) is 24.3 Å². The maximum Gasteiger partial charge on any atom is 0.274 e. The Morgan fingerprint density at radius 2 is 1.81 bits per heavy atom. The highest BCUT2D eigenvalue weighted by Gasteiger charge is 2.13. The van der Waals surface area contributed by atoms with Gasteiger partial charge in [0.15, 0.2) is 6.61 Å². The van der Waals surface area contributed by atoms with Gasteiger partial charge in [-0.15, -0.1) is 0 Å². The molecule has 1 heterocycles. The number of hydrogen-bond donors (Lipinski definition) is 1. The van der Waals surface area contributed by atoms with E-state index in [1.54, 1.807) is 72.9 Å². The molecule has 3 rings (SSSR count). The van der Waals surface area contributed by atoms with E-state index in [2.05, 4.69) is 10.3 Å². The Balaban J connectivity index is 1.64. The summed E-state index contributed by atoms with van der Waals surface area (Å²) in [5.41, 5.74) is 1.32. The molecule has 136 valence electrons. The minimum Gasteiger partial charge on any atom is -0.496 e. The summed E-state index contributed by atoms with van der Waals surface area (Å²) in [6.45, 7) is -0.141. The van der Waals surface area contributed by atoms with Crippen LogP contribution in [0.3, 0.4) is 0 Å². The SMILES string of the molecule is COc1ccccc1C(=O)COc1cccc(NC(=O)c2ccccn2)c1. The molecule has 1 N–H and O–H groups in total. The van der Waals surface area contributed by atoms with Gasteiger partial charge in [-0.05, 0) is 36.4 Å². The third-order valence-corrected chi connectivity index (χ3v) is 3.77. The van der Waals surface area contributed by atoms with Crippen molar-refractivity contribution in [1.82, 2.24) is 4.98 Å². The van der Waals surface area contributed by atoms with E-state index in [-0.39, 0.29) is 18.3 Å². The Morgan fingerprint density at radius 1 is 1.00 bits per heavy atom. The molecule has 0 saturated carbocycles. The lowest BCUT2D eigenvalue weighted by atomic mass is 10.1. The van der Waals surface area contributed by atoms with Gasteiger partial charge < -0.3 is 14.8 Å². The fourth-order valence-electron chi connectivity index (χ4n) is 2.46. The van der Waals surface area contributed by atoms with Crippen LogP contribution >= 0.6 is 0 Å². The molecule has 1 aromatic heterocycles. The van der Waals surface area contributed by atoms with E-state index in [1.165, 1.54) is 7.11 Å².